The molecule has 1 rings (SSSR count). The molecule has 0 aliphatic carbocycles. The number of aliphatic hydroxyl groups excluding tert-OH is 1. The third-order valence-corrected chi connectivity index (χ3v) is 4.18. The Kier molecular flexibility index (Phi) is 4.98. The third-order valence-electron chi connectivity index (χ3n) is 2.57. The van der Waals surface area contributed by atoms with Gasteiger partial charge in [0.15, 0.2) is 9.84 Å². The van der Waals surface area contributed by atoms with Gasteiger partial charge in [0.25, 0.3) is 0 Å². The van der Waals surface area contributed by atoms with E-state index >= 15 is 0 Å². The van der Waals surface area contributed by atoms with Gasteiger partial charge in [0.1, 0.15) is 0 Å². The lowest BCUT2D eigenvalue weighted by Gasteiger charge is -2.27. The lowest BCUT2D eigenvalue weighted by molar-refractivity contribution is 0.0522. The van der Waals surface area contributed by atoms with Crippen LogP contribution in [0.25, 0.3) is 0 Å². The fourth-order valence-corrected chi connectivity index (χ4v) is 2.86. The molecule has 0 aromatic carbocycles. The van der Waals surface area contributed by atoms with Crippen LogP contribution in [0.3, 0.4) is 0 Å². The Hall–Kier alpha value is -0.170. The molecule has 0 saturated carbocycles. The van der Waals surface area contributed by atoms with Crippen LogP contribution in [-0.4, -0.2) is 69.4 Å². The fourth-order valence-electron chi connectivity index (χ4n) is 1.58. The minimum Gasteiger partial charge on any atom is -0.391 e. The first-order valence-electron chi connectivity index (χ1n) is 5.13. The summed E-state index contributed by atoms with van der Waals surface area (Å²) in [5.41, 5.74) is 0. The maximum atomic E-state index is 11.1. The van der Waals surface area contributed by atoms with Crippen molar-refractivity contribution in [1.82, 2.24) is 4.90 Å². The largest absolute Gasteiger partial charge is 0.391 e. The second-order valence-electron chi connectivity index (χ2n) is 3.89. The van der Waals surface area contributed by atoms with Gasteiger partial charge in [0.2, 0.25) is 0 Å². The van der Waals surface area contributed by atoms with Crippen LogP contribution in [0.15, 0.2) is 0 Å². The molecule has 1 heterocycles. The van der Waals surface area contributed by atoms with Crippen molar-refractivity contribution < 1.29 is 18.3 Å². The van der Waals surface area contributed by atoms with E-state index in [0.29, 0.717) is 26.1 Å². The summed E-state index contributed by atoms with van der Waals surface area (Å²) < 4.78 is 27.1. The highest BCUT2D eigenvalue weighted by molar-refractivity contribution is 7.91. The zero-order valence-electron chi connectivity index (χ0n) is 9.05. The number of hydrogen-bond donors (Lipinski definition) is 1. The molecule has 0 spiro atoms. The molecular weight excluding hydrogens is 218 g/mol. The number of sulfone groups is 1. The molecule has 15 heavy (non-hydrogen) atoms. The number of hydrogen-bond acceptors (Lipinski definition) is 5. The molecule has 90 valence electrons. The van der Waals surface area contributed by atoms with Crippen LogP contribution in [0, 0.1) is 0 Å². The van der Waals surface area contributed by atoms with E-state index in [0.717, 1.165) is 6.54 Å². The Morgan fingerprint density at radius 1 is 1.40 bits per heavy atom. The van der Waals surface area contributed by atoms with Crippen LogP contribution in [-0.2, 0) is 14.6 Å². The Labute approximate surface area is 90.9 Å². The molecule has 1 N–H and O–H groups in total. The number of ether oxygens (including phenoxy) is 1. The third kappa shape index (κ3) is 4.92. The smallest absolute Gasteiger partial charge is 0.152 e. The molecular formula is C9H19NO4S. The van der Waals surface area contributed by atoms with Gasteiger partial charge in [-0.1, -0.05) is 0 Å². The van der Waals surface area contributed by atoms with Crippen molar-refractivity contribution in [2.45, 2.75) is 12.5 Å². The minimum absolute atomic E-state index is 0.243. The van der Waals surface area contributed by atoms with Crippen molar-refractivity contribution in [2.24, 2.45) is 0 Å². The lowest BCUT2D eigenvalue weighted by atomic mass is 10.2. The van der Waals surface area contributed by atoms with E-state index in [9.17, 15) is 13.5 Å². The second-order valence-corrected chi connectivity index (χ2v) is 6.19. The van der Waals surface area contributed by atoms with Gasteiger partial charge < -0.3 is 14.7 Å². The number of methoxy groups -OCH3 is 1. The average molecular weight is 237 g/mol. The highest BCUT2D eigenvalue weighted by atomic mass is 32.2. The molecule has 0 amide bonds. The van der Waals surface area contributed by atoms with Gasteiger partial charge in [-0.2, -0.15) is 0 Å². The predicted octanol–water partition coefficient (Wildman–Crippen LogP) is -0.886. The molecule has 0 bridgehead atoms. The van der Waals surface area contributed by atoms with Crippen molar-refractivity contribution in [3.05, 3.63) is 0 Å². The highest BCUT2D eigenvalue weighted by Crippen LogP contribution is 2.05. The Morgan fingerprint density at radius 3 is 2.53 bits per heavy atom. The number of nitrogens with zero attached hydrogens (tertiary/aromatic N) is 1. The molecule has 1 atom stereocenters. The molecule has 5 nitrogen and oxygen atoms in total. The molecule has 0 aromatic rings. The lowest BCUT2D eigenvalue weighted by Crippen LogP contribution is -2.41. The van der Waals surface area contributed by atoms with Crippen LogP contribution >= 0.6 is 0 Å². The monoisotopic (exact) mass is 237 g/mol. The molecule has 6 heteroatoms. The van der Waals surface area contributed by atoms with Crippen molar-refractivity contribution in [3.8, 4) is 0 Å². The van der Waals surface area contributed by atoms with Gasteiger partial charge in [0.05, 0.1) is 24.2 Å². The molecule has 1 fully saturated rings. The normalized spacial score (nSPS) is 23.9. The first kappa shape index (κ1) is 12.9. The zero-order chi connectivity index (χ0) is 11.3. The average Bonchev–Trinajstić information content (AvgIpc) is 2.17. The van der Waals surface area contributed by atoms with Crippen LogP contribution in [0.4, 0.5) is 0 Å². The summed E-state index contributed by atoms with van der Waals surface area (Å²) in [6, 6.07) is 0. The summed E-state index contributed by atoms with van der Waals surface area (Å²) in [7, 11) is -1.24. The summed E-state index contributed by atoms with van der Waals surface area (Å²) in [5.74, 6) is 0.487. The SMILES string of the molecule is COCC(O)CCN1CCS(=O)(=O)CC1. The van der Waals surface area contributed by atoms with Gasteiger partial charge in [-0.25, -0.2) is 8.42 Å². The summed E-state index contributed by atoms with van der Waals surface area (Å²) in [6.45, 7) is 2.25. The maximum Gasteiger partial charge on any atom is 0.152 e. The minimum atomic E-state index is -2.79. The van der Waals surface area contributed by atoms with Crippen molar-refractivity contribution in [2.75, 3.05) is 44.9 Å². The highest BCUT2D eigenvalue weighted by Gasteiger charge is 2.21. The summed E-state index contributed by atoms with van der Waals surface area (Å²) in [5, 5.41) is 9.41. The van der Waals surface area contributed by atoms with Crippen LogP contribution < -0.4 is 0 Å². The second kappa shape index (κ2) is 5.79. The van der Waals surface area contributed by atoms with E-state index in [1.54, 1.807) is 7.11 Å². The van der Waals surface area contributed by atoms with Gasteiger partial charge in [-0.15, -0.1) is 0 Å². The standard InChI is InChI=1S/C9H19NO4S/c1-14-8-9(11)2-3-10-4-6-15(12,13)7-5-10/h9,11H,2-8H2,1H3. The summed E-state index contributed by atoms with van der Waals surface area (Å²) in [6.07, 6.45) is 0.182. The molecule has 1 saturated heterocycles. The van der Waals surface area contributed by atoms with Crippen molar-refractivity contribution in [3.63, 3.8) is 0 Å². The molecule has 0 aromatic heterocycles. The number of aliphatic hydroxyl groups is 1. The quantitative estimate of drug-likeness (QED) is 0.672. The fraction of sp³-hybridized carbons (Fsp3) is 1.00. The van der Waals surface area contributed by atoms with Gasteiger partial charge in [-0.3, -0.25) is 0 Å². The van der Waals surface area contributed by atoms with Gasteiger partial charge in [-0.05, 0) is 6.42 Å². The van der Waals surface area contributed by atoms with E-state index in [4.69, 9.17) is 4.74 Å². The van der Waals surface area contributed by atoms with Gasteiger partial charge >= 0.3 is 0 Å². The maximum absolute atomic E-state index is 11.1. The summed E-state index contributed by atoms with van der Waals surface area (Å²) in [4.78, 5) is 2.07. The Balaban J connectivity index is 2.19. The van der Waals surface area contributed by atoms with E-state index in [-0.39, 0.29) is 11.5 Å². The Morgan fingerprint density at radius 2 is 2.00 bits per heavy atom. The van der Waals surface area contributed by atoms with Gasteiger partial charge in [0, 0.05) is 26.7 Å². The van der Waals surface area contributed by atoms with E-state index in [2.05, 4.69) is 4.90 Å². The first-order chi connectivity index (χ1) is 7.03. The van der Waals surface area contributed by atoms with E-state index < -0.39 is 15.9 Å². The van der Waals surface area contributed by atoms with Crippen LogP contribution in [0.2, 0.25) is 0 Å². The van der Waals surface area contributed by atoms with E-state index in [1.165, 1.54) is 0 Å². The predicted molar refractivity (Wildman–Crippen MR) is 57.6 cm³/mol. The van der Waals surface area contributed by atoms with Crippen molar-refractivity contribution in [1.29, 1.82) is 0 Å². The first-order valence-corrected chi connectivity index (χ1v) is 6.95. The van der Waals surface area contributed by atoms with Crippen LogP contribution in [0.1, 0.15) is 6.42 Å². The number of rotatable bonds is 5. The zero-order valence-corrected chi connectivity index (χ0v) is 9.87. The van der Waals surface area contributed by atoms with Crippen molar-refractivity contribution >= 4 is 9.84 Å². The van der Waals surface area contributed by atoms with E-state index in [1.807, 2.05) is 0 Å². The Bertz CT molecular complexity index is 264. The van der Waals surface area contributed by atoms with Crippen LogP contribution in [0.5, 0.6) is 0 Å². The molecule has 1 aliphatic rings. The topological polar surface area (TPSA) is 66.8 Å². The summed E-state index contributed by atoms with van der Waals surface area (Å²) >= 11 is 0. The molecule has 1 unspecified atom stereocenters. The molecule has 0 radical (unpaired) electrons. The molecule has 1 aliphatic heterocycles.